The average Bonchev–Trinajstić information content (AvgIpc) is 2.89. The Morgan fingerprint density at radius 3 is 3.05 bits per heavy atom. The van der Waals surface area contributed by atoms with E-state index in [0.29, 0.717) is 11.9 Å². The van der Waals surface area contributed by atoms with Crippen LogP contribution in [0.1, 0.15) is 29.3 Å². The third-order valence-corrected chi connectivity index (χ3v) is 3.52. The summed E-state index contributed by atoms with van der Waals surface area (Å²) in [7, 11) is 1.63. The molecule has 0 saturated carbocycles. The molecule has 19 heavy (non-hydrogen) atoms. The Morgan fingerprint density at radius 1 is 1.32 bits per heavy atom. The highest BCUT2D eigenvalue weighted by Crippen LogP contribution is 2.28. The minimum absolute atomic E-state index is 0.360. The summed E-state index contributed by atoms with van der Waals surface area (Å²) in [6.45, 7) is 0.803. The zero-order chi connectivity index (χ0) is 13.1. The molecule has 2 aromatic heterocycles. The molecule has 4 nitrogen and oxygen atoms in total. The lowest BCUT2D eigenvalue weighted by Crippen LogP contribution is -2.19. The van der Waals surface area contributed by atoms with Crippen LogP contribution in [0.2, 0.25) is 0 Å². The van der Waals surface area contributed by atoms with Crippen LogP contribution in [0, 0.1) is 0 Å². The maximum Gasteiger partial charge on any atom is 0.212 e. The van der Waals surface area contributed by atoms with E-state index in [1.54, 1.807) is 7.11 Å². The van der Waals surface area contributed by atoms with Gasteiger partial charge in [-0.1, -0.05) is 12.1 Å². The van der Waals surface area contributed by atoms with E-state index >= 15 is 0 Å². The van der Waals surface area contributed by atoms with Crippen LogP contribution in [-0.2, 0) is 13.0 Å². The van der Waals surface area contributed by atoms with Crippen molar-refractivity contribution < 1.29 is 4.74 Å². The van der Waals surface area contributed by atoms with Gasteiger partial charge in [0.25, 0.3) is 0 Å². The Balaban J connectivity index is 1.64. The van der Waals surface area contributed by atoms with Gasteiger partial charge in [0, 0.05) is 25.0 Å². The molecule has 1 aliphatic rings. The SMILES string of the molecule is COc1ccc(CNC2CCc3cccnc32)cn1. The number of fused-ring (bicyclic) bond motifs is 1. The topological polar surface area (TPSA) is 47.0 Å². The van der Waals surface area contributed by atoms with E-state index in [0.717, 1.165) is 24.9 Å². The number of nitrogens with one attached hydrogen (secondary N) is 1. The summed E-state index contributed by atoms with van der Waals surface area (Å²) < 4.78 is 5.05. The van der Waals surface area contributed by atoms with Crippen molar-refractivity contribution in [3.8, 4) is 5.88 Å². The number of nitrogens with zero attached hydrogens (tertiary/aromatic N) is 2. The van der Waals surface area contributed by atoms with Gasteiger partial charge >= 0.3 is 0 Å². The fourth-order valence-electron chi connectivity index (χ4n) is 2.49. The van der Waals surface area contributed by atoms with Crippen LogP contribution in [0.5, 0.6) is 5.88 Å². The van der Waals surface area contributed by atoms with Crippen molar-refractivity contribution in [1.82, 2.24) is 15.3 Å². The zero-order valence-electron chi connectivity index (χ0n) is 11.0. The highest BCUT2D eigenvalue weighted by molar-refractivity contribution is 5.28. The number of hydrogen-bond acceptors (Lipinski definition) is 4. The highest BCUT2D eigenvalue weighted by atomic mass is 16.5. The second-order valence-electron chi connectivity index (χ2n) is 4.73. The molecule has 0 radical (unpaired) electrons. The van der Waals surface area contributed by atoms with Crippen molar-refractivity contribution >= 4 is 0 Å². The molecule has 0 spiro atoms. The van der Waals surface area contributed by atoms with E-state index in [1.807, 2.05) is 30.6 Å². The summed E-state index contributed by atoms with van der Waals surface area (Å²) in [5.74, 6) is 0.650. The standard InChI is InChI=1S/C15H17N3O/c1-19-14-7-4-11(10-18-14)9-17-13-6-5-12-3-2-8-16-15(12)13/h2-4,7-8,10,13,17H,5-6,9H2,1H3. The Morgan fingerprint density at radius 2 is 2.26 bits per heavy atom. The van der Waals surface area contributed by atoms with Gasteiger partial charge in [0.2, 0.25) is 5.88 Å². The molecule has 0 aliphatic heterocycles. The molecular weight excluding hydrogens is 238 g/mol. The second-order valence-corrected chi connectivity index (χ2v) is 4.73. The van der Waals surface area contributed by atoms with Gasteiger partial charge in [-0.05, 0) is 30.0 Å². The van der Waals surface area contributed by atoms with Gasteiger partial charge in [0.1, 0.15) is 0 Å². The van der Waals surface area contributed by atoms with Crippen LogP contribution in [0.4, 0.5) is 0 Å². The molecule has 98 valence electrons. The number of hydrogen-bond donors (Lipinski definition) is 1. The van der Waals surface area contributed by atoms with E-state index in [9.17, 15) is 0 Å². The predicted molar refractivity (Wildman–Crippen MR) is 72.9 cm³/mol. The monoisotopic (exact) mass is 255 g/mol. The Labute approximate surface area is 112 Å². The fourth-order valence-corrected chi connectivity index (χ4v) is 2.49. The lowest BCUT2D eigenvalue weighted by Gasteiger charge is -2.13. The molecule has 0 aromatic carbocycles. The van der Waals surface area contributed by atoms with Gasteiger partial charge in [-0.2, -0.15) is 0 Å². The summed E-state index contributed by atoms with van der Waals surface area (Å²) in [6, 6.07) is 8.46. The van der Waals surface area contributed by atoms with Crippen molar-refractivity contribution in [2.24, 2.45) is 0 Å². The van der Waals surface area contributed by atoms with Gasteiger partial charge in [-0.25, -0.2) is 4.98 Å². The average molecular weight is 255 g/mol. The molecule has 0 amide bonds. The minimum atomic E-state index is 0.360. The third kappa shape index (κ3) is 2.58. The normalized spacial score (nSPS) is 17.2. The van der Waals surface area contributed by atoms with Crippen LogP contribution >= 0.6 is 0 Å². The maximum absolute atomic E-state index is 5.05. The minimum Gasteiger partial charge on any atom is -0.481 e. The molecule has 2 aromatic rings. The largest absolute Gasteiger partial charge is 0.481 e. The third-order valence-electron chi connectivity index (χ3n) is 3.52. The van der Waals surface area contributed by atoms with E-state index < -0.39 is 0 Å². The smallest absolute Gasteiger partial charge is 0.212 e. The summed E-state index contributed by atoms with van der Waals surface area (Å²) in [5, 5.41) is 3.55. The van der Waals surface area contributed by atoms with E-state index in [4.69, 9.17) is 4.74 Å². The van der Waals surface area contributed by atoms with E-state index in [1.165, 1.54) is 11.3 Å². The van der Waals surface area contributed by atoms with Crippen LogP contribution in [0.15, 0.2) is 36.7 Å². The Bertz CT molecular complexity index is 554. The first kappa shape index (κ1) is 12.1. The van der Waals surface area contributed by atoms with Gasteiger partial charge < -0.3 is 10.1 Å². The number of ether oxygens (including phenoxy) is 1. The summed E-state index contributed by atoms with van der Waals surface area (Å²) in [4.78, 5) is 8.69. The first-order valence-corrected chi connectivity index (χ1v) is 6.53. The van der Waals surface area contributed by atoms with Gasteiger partial charge in [0.15, 0.2) is 0 Å². The lowest BCUT2D eigenvalue weighted by atomic mass is 10.2. The summed E-state index contributed by atoms with van der Waals surface area (Å²) in [6.07, 6.45) is 5.95. The van der Waals surface area contributed by atoms with Crippen molar-refractivity contribution in [3.63, 3.8) is 0 Å². The summed E-state index contributed by atoms with van der Waals surface area (Å²) >= 11 is 0. The number of methoxy groups -OCH3 is 1. The van der Waals surface area contributed by atoms with Gasteiger partial charge in [-0.15, -0.1) is 0 Å². The van der Waals surface area contributed by atoms with Crippen molar-refractivity contribution in [1.29, 1.82) is 0 Å². The maximum atomic E-state index is 5.05. The van der Waals surface area contributed by atoms with Crippen LogP contribution in [-0.4, -0.2) is 17.1 Å². The Hall–Kier alpha value is -1.94. The second kappa shape index (κ2) is 5.36. The van der Waals surface area contributed by atoms with Gasteiger partial charge in [0.05, 0.1) is 18.8 Å². The van der Waals surface area contributed by atoms with Crippen molar-refractivity contribution in [2.75, 3.05) is 7.11 Å². The van der Waals surface area contributed by atoms with Crippen molar-refractivity contribution in [3.05, 3.63) is 53.5 Å². The predicted octanol–water partition coefficient (Wildman–Crippen LogP) is 2.26. The molecule has 4 heteroatoms. The quantitative estimate of drug-likeness (QED) is 0.910. The fraction of sp³-hybridized carbons (Fsp3) is 0.333. The number of rotatable bonds is 4. The lowest BCUT2D eigenvalue weighted by molar-refractivity contribution is 0.397. The molecule has 1 unspecified atom stereocenters. The summed E-state index contributed by atoms with van der Waals surface area (Å²) in [5.41, 5.74) is 3.72. The molecule has 2 heterocycles. The van der Waals surface area contributed by atoms with Crippen LogP contribution in [0.25, 0.3) is 0 Å². The molecule has 0 fully saturated rings. The van der Waals surface area contributed by atoms with Crippen molar-refractivity contribution in [2.45, 2.75) is 25.4 Å². The number of aromatic nitrogens is 2. The first-order valence-electron chi connectivity index (χ1n) is 6.53. The number of aryl methyl sites for hydroxylation is 1. The van der Waals surface area contributed by atoms with E-state index in [-0.39, 0.29) is 0 Å². The molecule has 3 rings (SSSR count). The van der Waals surface area contributed by atoms with Crippen LogP contribution < -0.4 is 10.1 Å². The van der Waals surface area contributed by atoms with Gasteiger partial charge in [-0.3, -0.25) is 4.98 Å². The van der Waals surface area contributed by atoms with E-state index in [2.05, 4.69) is 21.4 Å². The van der Waals surface area contributed by atoms with Crippen LogP contribution in [0.3, 0.4) is 0 Å². The highest BCUT2D eigenvalue weighted by Gasteiger charge is 2.22. The molecule has 0 bridgehead atoms. The number of pyridine rings is 2. The Kier molecular flexibility index (Phi) is 3.42. The first-order chi connectivity index (χ1) is 9.36. The molecule has 0 saturated heterocycles. The molecule has 1 atom stereocenters. The zero-order valence-corrected chi connectivity index (χ0v) is 11.0. The molecular formula is C15H17N3O. The molecule has 1 N–H and O–H groups in total. The molecule has 1 aliphatic carbocycles.